The third kappa shape index (κ3) is 2.32. The lowest BCUT2D eigenvalue weighted by Gasteiger charge is -2.39. The number of nitrogens with zero attached hydrogens (tertiary/aromatic N) is 2. The van der Waals surface area contributed by atoms with Gasteiger partial charge in [0, 0.05) is 23.1 Å². The fraction of sp³-hybridized carbons (Fsp3) is 0.643. The van der Waals surface area contributed by atoms with E-state index in [0.29, 0.717) is 12.8 Å². The molecule has 4 heteroatoms. The van der Waals surface area contributed by atoms with Gasteiger partial charge in [0.1, 0.15) is 5.78 Å². The molecule has 2 rings (SSSR count). The molecule has 0 aliphatic heterocycles. The van der Waals surface area contributed by atoms with Crippen molar-refractivity contribution in [1.29, 1.82) is 5.26 Å². The molecule has 1 atom stereocenters. The molecule has 1 aliphatic rings. The number of aromatic nitrogens is 1. The molecule has 1 aromatic rings. The summed E-state index contributed by atoms with van der Waals surface area (Å²) in [5.74, 6) is 0.497. The van der Waals surface area contributed by atoms with Gasteiger partial charge in [0.25, 0.3) is 0 Å². The van der Waals surface area contributed by atoms with Crippen molar-refractivity contribution in [3.8, 4) is 6.07 Å². The van der Waals surface area contributed by atoms with Gasteiger partial charge in [-0.2, -0.15) is 5.26 Å². The number of rotatable bonds is 5. The number of aryl methyl sites for hydroxylation is 1. The molecule has 96 valence electrons. The summed E-state index contributed by atoms with van der Waals surface area (Å²) >= 11 is 1.62. The van der Waals surface area contributed by atoms with Crippen LogP contribution in [0.5, 0.6) is 0 Å². The minimum atomic E-state index is -0.318. The van der Waals surface area contributed by atoms with Gasteiger partial charge in [0.15, 0.2) is 0 Å². The van der Waals surface area contributed by atoms with Crippen LogP contribution in [0.25, 0.3) is 0 Å². The first-order valence-electron chi connectivity index (χ1n) is 6.39. The third-order valence-electron chi connectivity index (χ3n) is 4.04. The summed E-state index contributed by atoms with van der Waals surface area (Å²) in [5, 5.41) is 8.87. The van der Waals surface area contributed by atoms with Gasteiger partial charge in [-0.25, -0.2) is 4.98 Å². The minimum Gasteiger partial charge on any atom is -0.299 e. The maximum atomic E-state index is 12.4. The van der Waals surface area contributed by atoms with E-state index in [-0.39, 0.29) is 17.1 Å². The van der Waals surface area contributed by atoms with Crippen LogP contribution in [0.15, 0.2) is 5.51 Å². The molecule has 1 fully saturated rings. The second-order valence-corrected chi connectivity index (χ2v) is 6.19. The first-order chi connectivity index (χ1) is 8.59. The van der Waals surface area contributed by atoms with Crippen molar-refractivity contribution >= 4 is 17.1 Å². The fourth-order valence-corrected chi connectivity index (χ4v) is 3.54. The molecule has 0 bridgehead atoms. The van der Waals surface area contributed by atoms with E-state index in [2.05, 4.69) is 18.0 Å². The van der Waals surface area contributed by atoms with Crippen molar-refractivity contribution in [2.75, 3.05) is 0 Å². The van der Waals surface area contributed by atoms with Gasteiger partial charge in [-0.1, -0.05) is 13.3 Å². The molecule has 18 heavy (non-hydrogen) atoms. The Balaban J connectivity index is 2.03. The molecule has 0 spiro atoms. The summed E-state index contributed by atoms with van der Waals surface area (Å²) in [6, 6.07) is 2.18. The van der Waals surface area contributed by atoms with Crippen molar-refractivity contribution in [1.82, 2.24) is 4.98 Å². The summed E-state index contributed by atoms with van der Waals surface area (Å²) in [7, 11) is 0. The number of carbonyl (C=O) groups is 1. The van der Waals surface area contributed by atoms with E-state index in [1.54, 1.807) is 11.3 Å². The highest BCUT2D eigenvalue weighted by molar-refractivity contribution is 7.09. The molecule has 3 nitrogen and oxygen atoms in total. The van der Waals surface area contributed by atoms with Gasteiger partial charge in [0.05, 0.1) is 17.3 Å². The van der Waals surface area contributed by atoms with Gasteiger partial charge in [-0.3, -0.25) is 4.79 Å². The summed E-state index contributed by atoms with van der Waals surface area (Å²) in [6.45, 7) is 4.07. The van der Waals surface area contributed by atoms with Crippen LogP contribution in [0.3, 0.4) is 0 Å². The molecule has 0 amide bonds. The summed E-state index contributed by atoms with van der Waals surface area (Å²) in [6.07, 6.45) is 3.81. The lowest BCUT2D eigenvalue weighted by molar-refractivity contribution is -0.133. The molecule has 1 unspecified atom stereocenters. The molecule has 0 saturated heterocycles. The second-order valence-electron chi connectivity index (χ2n) is 5.30. The standard InChI is InChI=1S/C14H18N2OS/c1-10(13-11(2)16-9-18-13)8-12(17)14(6-7-15)4-3-5-14/h9-10H,3-6,8H2,1-2H3. The quantitative estimate of drug-likeness (QED) is 0.814. The highest BCUT2D eigenvalue weighted by Gasteiger charge is 2.43. The SMILES string of the molecule is Cc1ncsc1C(C)CC(=O)C1(CC#N)CCC1. The van der Waals surface area contributed by atoms with Crippen molar-refractivity contribution < 1.29 is 4.79 Å². The Hall–Kier alpha value is -1.21. The van der Waals surface area contributed by atoms with E-state index in [4.69, 9.17) is 5.26 Å². The van der Waals surface area contributed by atoms with Crippen LogP contribution in [0.2, 0.25) is 0 Å². The van der Waals surface area contributed by atoms with Gasteiger partial charge in [-0.15, -0.1) is 11.3 Å². The molecule has 1 saturated carbocycles. The maximum absolute atomic E-state index is 12.4. The molecular weight excluding hydrogens is 244 g/mol. The largest absolute Gasteiger partial charge is 0.299 e. The monoisotopic (exact) mass is 262 g/mol. The Morgan fingerprint density at radius 1 is 1.67 bits per heavy atom. The summed E-state index contributed by atoms with van der Waals surface area (Å²) < 4.78 is 0. The van der Waals surface area contributed by atoms with Crippen LogP contribution >= 0.6 is 11.3 Å². The van der Waals surface area contributed by atoms with Crippen molar-refractivity contribution in [2.24, 2.45) is 5.41 Å². The Kier molecular flexibility index (Phi) is 3.82. The highest BCUT2D eigenvalue weighted by Crippen LogP contribution is 2.46. The van der Waals surface area contributed by atoms with E-state index in [9.17, 15) is 4.79 Å². The van der Waals surface area contributed by atoms with Gasteiger partial charge in [0.2, 0.25) is 0 Å². The van der Waals surface area contributed by atoms with E-state index in [1.807, 2.05) is 12.4 Å². The normalized spacial score (nSPS) is 18.7. The molecule has 1 heterocycles. The average Bonchev–Trinajstić information content (AvgIpc) is 2.69. The first-order valence-corrected chi connectivity index (χ1v) is 7.27. The van der Waals surface area contributed by atoms with Crippen molar-refractivity contribution in [2.45, 2.75) is 51.9 Å². The number of hydrogen-bond acceptors (Lipinski definition) is 4. The predicted octanol–water partition coefficient (Wildman–Crippen LogP) is 3.60. The molecule has 0 N–H and O–H groups in total. The van der Waals surface area contributed by atoms with E-state index in [0.717, 1.165) is 25.0 Å². The van der Waals surface area contributed by atoms with E-state index >= 15 is 0 Å². The summed E-state index contributed by atoms with van der Waals surface area (Å²) in [5.41, 5.74) is 2.55. The lowest BCUT2D eigenvalue weighted by Crippen LogP contribution is -2.38. The number of hydrogen-bond donors (Lipinski definition) is 0. The number of thiazole rings is 1. The van der Waals surface area contributed by atoms with Gasteiger partial charge < -0.3 is 0 Å². The highest BCUT2D eigenvalue weighted by atomic mass is 32.1. The fourth-order valence-electron chi connectivity index (χ4n) is 2.68. The lowest BCUT2D eigenvalue weighted by atomic mass is 9.63. The van der Waals surface area contributed by atoms with E-state index < -0.39 is 0 Å². The Morgan fingerprint density at radius 2 is 2.39 bits per heavy atom. The number of carbonyl (C=O) groups excluding carboxylic acids is 1. The number of Topliss-reactive ketones (excluding diaryl/α,β-unsaturated/α-hetero) is 1. The van der Waals surface area contributed by atoms with Crippen LogP contribution in [0, 0.1) is 23.7 Å². The van der Waals surface area contributed by atoms with Gasteiger partial charge in [-0.05, 0) is 25.7 Å². The molecule has 1 aromatic heterocycles. The Morgan fingerprint density at radius 3 is 2.83 bits per heavy atom. The second kappa shape index (κ2) is 5.19. The van der Waals surface area contributed by atoms with Gasteiger partial charge >= 0.3 is 0 Å². The molecule has 1 aliphatic carbocycles. The number of ketones is 1. The van der Waals surface area contributed by atoms with Crippen molar-refractivity contribution in [3.63, 3.8) is 0 Å². The van der Waals surface area contributed by atoms with Crippen LogP contribution < -0.4 is 0 Å². The van der Waals surface area contributed by atoms with Crippen molar-refractivity contribution in [3.05, 3.63) is 16.1 Å². The molecular formula is C14H18N2OS. The predicted molar refractivity (Wildman–Crippen MR) is 71.4 cm³/mol. The zero-order valence-electron chi connectivity index (χ0n) is 10.9. The number of nitriles is 1. The summed E-state index contributed by atoms with van der Waals surface area (Å²) in [4.78, 5) is 17.8. The van der Waals surface area contributed by atoms with Crippen LogP contribution in [0.4, 0.5) is 0 Å². The Bertz CT molecular complexity index is 482. The van der Waals surface area contributed by atoms with Crippen LogP contribution in [0.1, 0.15) is 55.5 Å². The van der Waals surface area contributed by atoms with Crippen LogP contribution in [-0.4, -0.2) is 10.8 Å². The molecule has 0 radical (unpaired) electrons. The topological polar surface area (TPSA) is 53.8 Å². The zero-order valence-corrected chi connectivity index (χ0v) is 11.7. The zero-order chi connectivity index (χ0) is 13.2. The minimum absolute atomic E-state index is 0.223. The average molecular weight is 262 g/mol. The smallest absolute Gasteiger partial charge is 0.140 e. The maximum Gasteiger partial charge on any atom is 0.140 e. The van der Waals surface area contributed by atoms with E-state index in [1.165, 1.54) is 4.88 Å². The molecule has 0 aromatic carbocycles. The van der Waals surface area contributed by atoms with Crippen LogP contribution in [-0.2, 0) is 4.79 Å². The third-order valence-corrected chi connectivity index (χ3v) is 5.20. The Labute approximate surface area is 112 Å². The first kappa shape index (κ1) is 13.2.